The Kier molecular flexibility index (Phi) is 1220. The fraction of sp³-hybridized carbons (Fsp3) is 0. The Morgan fingerprint density at radius 1 is 0.429 bits per heavy atom. The summed E-state index contributed by atoms with van der Waals surface area (Å²) in [5.41, 5.74) is 0. The van der Waals surface area contributed by atoms with E-state index in [-0.39, 0.29) is 100 Å². The molecule has 0 amide bonds. The number of hydrogen-bond acceptors (Lipinski definition) is 4. The molecule has 0 heterocycles. The van der Waals surface area contributed by atoms with Crippen LogP contribution < -0.4 is 0 Å². The molecule has 0 aliphatic carbocycles. The van der Waals surface area contributed by atoms with Crippen LogP contribution in [0.2, 0.25) is 0 Å². The van der Waals surface area contributed by atoms with Crippen LogP contribution in [-0.4, -0.2) is 45.8 Å². The summed E-state index contributed by atoms with van der Waals surface area (Å²) >= 11 is 0. The predicted molar refractivity (Wildman–Crippen MR) is 13.5 cm³/mol. The first-order valence-corrected chi connectivity index (χ1v) is 0. The van der Waals surface area contributed by atoms with Crippen LogP contribution in [0.4, 0.5) is 0 Å². The average Bonchev–Trinajstić information content (AvgIpc) is 0. The minimum atomic E-state index is 0. The molecule has 0 rings (SSSR count). The van der Waals surface area contributed by atoms with E-state index in [9.17, 15) is 0 Å². The second-order valence-electron chi connectivity index (χ2n) is 0. The van der Waals surface area contributed by atoms with E-state index in [0.717, 1.165) is 0 Å². The maximum Gasteiger partial charge on any atom is 2.00 e. The first kappa shape index (κ1) is 111. The summed E-state index contributed by atoms with van der Waals surface area (Å²) < 4.78 is 0. The van der Waals surface area contributed by atoms with Crippen molar-refractivity contribution >= 4 is 23.9 Å². The maximum atomic E-state index is 0. The van der Waals surface area contributed by atoms with E-state index in [0.29, 0.717) is 0 Å². The molecule has 4 radical (unpaired) electrons. The maximum absolute atomic E-state index is 0. The predicted octanol–water partition coefficient (Wildman–Crippen LogP) is -1.09. The van der Waals surface area contributed by atoms with Crippen molar-refractivity contribution in [2.75, 3.05) is 0 Å². The number of rotatable bonds is 0. The summed E-state index contributed by atoms with van der Waals surface area (Å²) in [6.07, 6.45) is 0. The van der Waals surface area contributed by atoms with Gasteiger partial charge in [0.1, 0.15) is 0 Å². The molecule has 0 aliphatic rings. The smallest absolute Gasteiger partial charge is 0.870 e. The fourth-order valence-electron chi connectivity index (χ4n) is 0. The second-order valence-corrected chi connectivity index (χ2v) is 0. The summed E-state index contributed by atoms with van der Waals surface area (Å²) in [4.78, 5) is 0. The Hall–Kier alpha value is 2.48. The van der Waals surface area contributed by atoms with E-state index in [1.807, 2.05) is 0 Å². The zero-order valence-corrected chi connectivity index (χ0v) is 14.6. The fourth-order valence-corrected chi connectivity index (χ4v) is 0. The SMILES string of the molecule is [Cd+2].[Cd+2].[OH-].[OH-].[OH-].[OH-].[Sn]. The summed E-state index contributed by atoms with van der Waals surface area (Å²) in [5, 5.41) is 0. The molecule has 0 aromatic heterocycles. The molecule has 36 valence electrons. The zero-order chi connectivity index (χ0) is 0. The van der Waals surface area contributed by atoms with E-state index < -0.39 is 0 Å². The van der Waals surface area contributed by atoms with Crippen LogP contribution in [0.25, 0.3) is 0 Å². The first-order valence-electron chi connectivity index (χ1n) is 0. The second kappa shape index (κ2) is 77.1. The van der Waals surface area contributed by atoms with Crippen LogP contribution in [0.5, 0.6) is 0 Å². The van der Waals surface area contributed by atoms with E-state index in [1.54, 1.807) is 0 Å². The Balaban J connectivity index is 0. The van der Waals surface area contributed by atoms with Gasteiger partial charge in [-0.05, 0) is 0 Å². The van der Waals surface area contributed by atoms with E-state index >= 15 is 0 Å². The third kappa shape index (κ3) is 57.8. The van der Waals surface area contributed by atoms with Crippen LogP contribution in [0.3, 0.4) is 0 Å². The Labute approximate surface area is 98.9 Å². The van der Waals surface area contributed by atoms with Gasteiger partial charge in [-0.1, -0.05) is 0 Å². The van der Waals surface area contributed by atoms with Gasteiger partial charge in [0, 0.05) is 23.9 Å². The Bertz CT molecular complexity index is 9.65. The monoisotopic (exact) mass is 416 g/mol. The minimum absolute atomic E-state index is 0. The molecule has 0 aliphatic heterocycles. The van der Waals surface area contributed by atoms with Gasteiger partial charge in [0.25, 0.3) is 0 Å². The van der Waals surface area contributed by atoms with Crippen molar-refractivity contribution < 1.29 is 76.5 Å². The summed E-state index contributed by atoms with van der Waals surface area (Å²) in [5.74, 6) is 0. The van der Waals surface area contributed by atoms with Crippen LogP contribution in [0.15, 0.2) is 0 Å². The molecule has 7 heavy (non-hydrogen) atoms. The molecular weight excluding hydrogens is 408 g/mol. The van der Waals surface area contributed by atoms with Gasteiger partial charge < -0.3 is 21.9 Å². The summed E-state index contributed by atoms with van der Waals surface area (Å²) in [6, 6.07) is 0. The first-order chi connectivity index (χ1) is 0. The van der Waals surface area contributed by atoms with Crippen molar-refractivity contribution in [1.82, 2.24) is 0 Å². The van der Waals surface area contributed by atoms with Gasteiger partial charge in [-0.3, -0.25) is 0 Å². The van der Waals surface area contributed by atoms with Crippen molar-refractivity contribution in [3.63, 3.8) is 0 Å². The van der Waals surface area contributed by atoms with Crippen LogP contribution in [-0.2, 0) is 54.6 Å². The number of hydrogen-bond donors (Lipinski definition) is 0. The van der Waals surface area contributed by atoms with Gasteiger partial charge in [-0.25, -0.2) is 0 Å². The molecule has 7 heteroatoms. The standard InChI is InChI=1S/2Cd.4H2O.Sn/h;;4*1H2;/q2*+2;;;;;/p-4. The largest absolute Gasteiger partial charge is 2.00 e. The van der Waals surface area contributed by atoms with Gasteiger partial charge in [-0.15, -0.1) is 0 Å². The van der Waals surface area contributed by atoms with Crippen LogP contribution in [0, 0.1) is 0 Å². The van der Waals surface area contributed by atoms with Crippen LogP contribution >= 0.6 is 0 Å². The topological polar surface area (TPSA) is 120 Å². The van der Waals surface area contributed by atoms with Gasteiger partial charge in [0.2, 0.25) is 0 Å². The Morgan fingerprint density at radius 3 is 0.429 bits per heavy atom. The average molecular weight is 412 g/mol. The van der Waals surface area contributed by atoms with Gasteiger partial charge in [0.15, 0.2) is 0 Å². The van der Waals surface area contributed by atoms with Gasteiger partial charge in [-0.2, -0.15) is 0 Å². The molecule has 0 unspecified atom stereocenters. The van der Waals surface area contributed by atoms with Gasteiger partial charge >= 0.3 is 54.6 Å². The van der Waals surface area contributed by atoms with Crippen molar-refractivity contribution in [1.29, 1.82) is 0 Å². The van der Waals surface area contributed by atoms with E-state index in [2.05, 4.69) is 0 Å². The molecule has 0 spiro atoms. The van der Waals surface area contributed by atoms with Crippen molar-refractivity contribution in [3.8, 4) is 0 Å². The van der Waals surface area contributed by atoms with Crippen molar-refractivity contribution in [3.05, 3.63) is 0 Å². The van der Waals surface area contributed by atoms with E-state index in [4.69, 9.17) is 0 Å². The molecule has 0 aromatic carbocycles. The molecule has 0 atom stereocenters. The molecule has 4 N–H and O–H groups in total. The summed E-state index contributed by atoms with van der Waals surface area (Å²) in [6.45, 7) is 0. The molecule has 0 saturated carbocycles. The molecule has 0 bridgehead atoms. The van der Waals surface area contributed by atoms with Crippen molar-refractivity contribution in [2.45, 2.75) is 0 Å². The van der Waals surface area contributed by atoms with Crippen LogP contribution in [0.1, 0.15) is 0 Å². The molecule has 4 nitrogen and oxygen atoms in total. The van der Waals surface area contributed by atoms with E-state index in [1.165, 1.54) is 0 Å². The van der Waals surface area contributed by atoms with Gasteiger partial charge in [0.05, 0.1) is 0 Å². The Morgan fingerprint density at radius 2 is 0.429 bits per heavy atom. The zero-order valence-electron chi connectivity index (χ0n) is 3.70. The normalized spacial score (nSPS) is 0. The minimum Gasteiger partial charge on any atom is -0.870 e. The molecule has 0 saturated heterocycles. The third-order valence-corrected chi connectivity index (χ3v) is 0. The molecular formula is H4Cd2O4Sn. The third-order valence-electron chi connectivity index (χ3n) is 0. The molecule has 0 aromatic rings. The quantitative estimate of drug-likeness (QED) is 0.470. The summed E-state index contributed by atoms with van der Waals surface area (Å²) in [7, 11) is 0. The molecule has 0 fully saturated rings. The van der Waals surface area contributed by atoms with Crippen molar-refractivity contribution in [2.24, 2.45) is 0 Å².